The van der Waals surface area contributed by atoms with Crippen molar-refractivity contribution in [3.63, 3.8) is 0 Å². The molecule has 0 saturated carbocycles. The number of rotatable bonds is 3. The third-order valence-corrected chi connectivity index (χ3v) is 4.06. The molecule has 5 nitrogen and oxygen atoms in total. The second-order valence-electron chi connectivity index (χ2n) is 6.44. The zero-order valence-electron chi connectivity index (χ0n) is 13.0. The van der Waals surface area contributed by atoms with E-state index in [2.05, 4.69) is 9.88 Å². The lowest BCUT2D eigenvalue weighted by molar-refractivity contribution is 0.0481. The maximum atomic E-state index is 11.3. The number of anilines is 1. The van der Waals surface area contributed by atoms with Gasteiger partial charge in [0.25, 0.3) is 0 Å². The van der Waals surface area contributed by atoms with Crippen LogP contribution in [0.2, 0.25) is 0 Å². The molecule has 1 saturated heterocycles. The number of carboxylic acids is 1. The van der Waals surface area contributed by atoms with Crippen LogP contribution in [0, 0.1) is 0 Å². The van der Waals surface area contributed by atoms with E-state index in [1.165, 1.54) is 0 Å². The van der Waals surface area contributed by atoms with Crippen molar-refractivity contribution in [2.45, 2.75) is 51.6 Å². The number of aromatic carboxylic acids is 1. The Kier molecular flexibility index (Phi) is 4.52. The number of aliphatic hydroxyl groups is 1. The van der Waals surface area contributed by atoms with Crippen molar-refractivity contribution in [2.75, 3.05) is 18.0 Å². The van der Waals surface area contributed by atoms with Gasteiger partial charge in [0, 0.05) is 18.8 Å². The van der Waals surface area contributed by atoms with Crippen molar-refractivity contribution in [3.8, 4) is 0 Å². The second-order valence-corrected chi connectivity index (χ2v) is 6.44. The molecule has 2 N–H and O–H groups in total. The van der Waals surface area contributed by atoms with Crippen LogP contribution in [-0.2, 0) is 0 Å². The molecular formula is C16H24N2O3. The lowest BCUT2D eigenvalue weighted by Gasteiger charge is -2.24. The first-order chi connectivity index (χ1) is 9.78. The second kappa shape index (κ2) is 6.02. The van der Waals surface area contributed by atoms with Gasteiger partial charge in [-0.25, -0.2) is 9.78 Å². The van der Waals surface area contributed by atoms with Crippen LogP contribution in [0.25, 0.3) is 0 Å². The van der Waals surface area contributed by atoms with Gasteiger partial charge in [-0.05, 0) is 44.2 Å². The Morgan fingerprint density at radius 2 is 2.05 bits per heavy atom. The predicted molar refractivity (Wildman–Crippen MR) is 82.0 cm³/mol. The summed E-state index contributed by atoms with van der Waals surface area (Å²) in [5, 5.41) is 19.4. The van der Waals surface area contributed by atoms with E-state index in [1.807, 2.05) is 20.8 Å². The van der Waals surface area contributed by atoms with Crippen molar-refractivity contribution in [1.82, 2.24) is 4.98 Å². The van der Waals surface area contributed by atoms with Crippen molar-refractivity contribution >= 4 is 11.8 Å². The molecule has 1 aliphatic heterocycles. The van der Waals surface area contributed by atoms with Gasteiger partial charge in [0.15, 0.2) is 0 Å². The van der Waals surface area contributed by atoms with Gasteiger partial charge < -0.3 is 15.1 Å². The Bertz CT molecular complexity index is 526. The summed E-state index contributed by atoms with van der Waals surface area (Å²) in [6, 6.07) is 3.28. The lowest BCUT2D eigenvalue weighted by Crippen LogP contribution is -2.29. The summed E-state index contributed by atoms with van der Waals surface area (Å²) in [6.07, 6.45) is 2.31. The van der Waals surface area contributed by atoms with E-state index in [0.29, 0.717) is 18.8 Å². The normalized spacial score (nSPS) is 23.2. The fourth-order valence-corrected chi connectivity index (χ4v) is 2.61. The van der Waals surface area contributed by atoms with Crippen LogP contribution < -0.4 is 4.90 Å². The highest BCUT2D eigenvalue weighted by Gasteiger charge is 2.26. The highest BCUT2D eigenvalue weighted by molar-refractivity contribution is 5.88. The molecule has 0 amide bonds. The quantitative estimate of drug-likeness (QED) is 0.896. The van der Waals surface area contributed by atoms with Gasteiger partial charge in [0.1, 0.15) is 5.82 Å². The van der Waals surface area contributed by atoms with Crippen LogP contribution in [-0.4, -0.2) is 39.9 Å². The Morgan fingerprint density at radius 1 is 1.33 bits per heavy atom. The summed E-state index contributed by atoms with van der Waals surface area (Å²) >= 11 is 0. The van der Waals surface area contributed by atoms with E-state index in [-0.39, 0.29) is 11.5 Å². The molecular weight excluding hydrogens is 268 g/mol. The van der Waals surface area contributed by atoms with Crippen LogP contribution in [0.5, 0.6) is 0 Å². The minimum absolute atomic E-state index is 0.179. The number of aromatic nitrogens is 1. The summed E-state index contributed by atoms with van der Waals surface area (Å²) in [5.41, 5.74) is 0.431. The standard InChI is InChI=1S/C16H24N2O3/c1-11(2)13-9-12(15(19)20)10-14(17-13)18-7-4-5-16(3,21)6-8-18/h9-11,21H,4-8H2,1-3H3,(H,19,20). The monoisotopic (exact) mass is 292 g/mol. The highest BCUT2D eigenvalue weighted by Crippen LogP contribution is 2.26. The number of carbonyl (C=O) groups is 1. The highest BCUT2D eigenvalue weighted by atomic mass is 16.4. The summed E-state index contributed by atoms with van der Waals surface area (Å²) in [5.74, 6) is -0.0446. The first-order valence-corrected chi connectivity index (χ1v) is 7.51. The molecule has 1 aromatic heterocycles. The van der Waals surface area contributed by atoms with E-state index >= 15 is 0 Å². The molecule has 1 unspecified atom stereocenters. The zero-order chi connectivity index (χ0) is 15.6. The fourth-order valence-electron chi connectivity index (χ4n) is 2.61. The molecule has 1 atom stereocenters. The number of pyridine rings is 1. The Morgan fingerprint density at radius 3 is 2.67 bits per heavy atom. The molecule has 21 heavy (non-hydrogen) atoms. The Hall–Kier alpha value is -1.62. The maximum absolute atomic E-state index is 11.3. The SMILES string of the molecule is CC(C)c1cc(C(=O)O)cc(N2CCCC(C)(O)CC2)n1. The Balaban J connectivity index is 2.31. The average Bonchev–Trinajstić information content (AvgIpc) is 2.59. The zero-order valence-corrected chi connectivity index (χ0v) is 13.0. The van der Waals surface area contributed by atoms with Gasteiger partial charge in [-0.15, -0.1) is 0 Å². The molecule has 1 fully saturated rings. The van der Waals surface area contributed by atoms with E-state index in [9.17, 15) is 15.0 Å². The minimum Gasteiger partial charge on any atom is -0.478 e. The third-order valence-electron chi connectivity index (χ3n) is 4.06. The predicted octanol–water partition coefficient (Wildman–Crippen LogP) is 2.64. The molecule has 0 radical (unpaired) electrons. The van der Waals surface area contributed by atoms with Crippen molar-refractivity contribution < 1.29 is 15.0 Å². The molecule has 2 heterocycles. The van der Waals surface area contributed by atoms with E-state index in [1.54, 1.807) is 12.1 Å². The number of hydrogen-bond acceptors (Lipinski definition) is 4. The van der Waals surface area contributed by atoms with Gasteiger partial charge >= 0.3 is 5.97 Å². The molecule has 116 valence electrons. The largest absolute Gasteiger partial charge is 0.478 e. The molecule has 5 heteroatoms. The van der Waals surface area contributed by atoms with E-state index in [0.717, 1.165) is 25.1 Å². The van der Waals surface area contributed by atoms with Gasteiger partial charge in [0.05, 0.1) is 11.2 Å². The molecule has 0 aromatic carbocycles. The molecule has 1 aliphatic rings. The van der Waals surface area contributed by atoms with E-state index < -0.39 is 11.6 Å². The van der Waals surface area contributed by atoms with Crippen LogP contribution in [0.1, 0.15) is 62.0 Å². The topological polar surface area (TPSA) is 73.7 Å². The van der Waals surface area contributed by atoms with Crippen LogP contribution in [0.3, 0.4) is 0 Å². The van der Waals surface area contributed by atoms with E-state index in [4.69, 9.17) is 0 Å². The summed E-state index contributed by atoms with van der Waals surface area (Å²) in [7, 11) is 0. The van der Waals surface area contributed by atoms with Crippen LogP contribution in [0.15, 0.2) is 12.1 Å². The average molecular weight is 292 g/mol. The number of hydrogen-bond donors (Lipinski definition) is 2. The number of nitrogens with zero attached hydrogens (tertiary/aromatic N) is 2. The van der Waals surface area contributed by atoms with Crippen molar-refractivity contribution in [2.24, 2.45) is 0 Å². The van der Waals surface area contributed by atoms with Crippen molar-refractivity contribution in [3.05, 3.63) is 23.4 Å². The molecule has 0 aliphatic carbocycles. The summed E-state index contributed by atoms with van der Waals surface area (Å²) in [6.45, 7) is 7.36. The molecule has 2 rings (SSSR count). The van der Waals surface area contributed by atoms with Gasteiger partial charge in [-0.1, -0.05) is 13.8 Å². The summed E-state index contributed by atoms with van der Waals surface area (Å²) in [4.78, 5) is 18.0. The lowest BCUT2D eigenvalue weighted by atomic mass is 9.98. The molecule has 1 aromatic rings. The van der Waals surface area contributed by atoms with Crippen LogP contribution >= 0.6 is 0 Å². The first-order valence-electron chi connectivity index (χ1n) is 7.51. The maximum Gasteiger partial charge on any atom is 0.335 e. The fraction of sp³-hybridized carbons (Fsp3) is 0.625. The smallest absolute Gasteiger partial charge is 0.335 e. The Labute approximate surface area is 125 Å². The first kappa shape index (κ1) is 15.8. The molecule has 0 bridgehead atoms. The van der Waals surface area contributed by atoms with Gasteiger partial charge in [0.2, 0.25) is 0 Å². The van der Waals surface area contributed by atoms with Gasteiger partial charge in [-0.2, -0.15) is 0 Å². The minimum atomic E-state index is -0.928. The summed E-state index contributed by atoms with van der Waals surface area (Å²) < 4.78 is 0. The van der Waals surface area contributed by atoms with Crippen molar-refractivity contribution in [1.29, 1.82) is 0 Å². The number of carboxylic acid groups (broad SMARTS) is 1. The molecule has 0 spiro atoms. The van der Waals surface area contributed by atoms with Gasteiger partial charge in [-0.3, -0.25) is 0 Å². The third kappa shape index (κ3) is 3.94. The van der Waals surface area contributed by atoms with Crippen LogP contribution in [0.4, 0.5) is 5.82 Å².